The molecule has 0 unspecified atom stereocenters. The summed E-state index contributed by atoms with van der Waals surface area (Å²) in [6, 6.07) is 6.51. The van der Waals surface area contributed by atoms with Gasteiger partial charge in [-0.15, -0.1) is 0 Å². The van der Waals surface area contributed by atoms with Crippen molar-refractivity contribution in [1.82, 2.24) is 10.6 Å². The molecule has 23 heavy (non-hydrogen) atoms. The smallest absolute Gasteiger partial charge is 0.315 e. The predicted octanol–water partition coefficient (Wildman–Crippen LogP) is 2.01. The van der Waals surface area contributed by atoms with E-state index in [2.05, 4.69) is 15.5 Å². The van der Waals surface area contributed by atoms with Gasteiger partial charge in [0.05, 0.1) is 5.60 Å². The molecule has 0 aromatic heterocycles. The minimum atomic E-state index is -0.696. The Morgan fingerprint density at radius 1 is 1.35 bits per heavy atom. The summed E-state index contributed by atoms with van der Waals surface area (Å²) in [6.07, 6.45) is 4.21. The second-order valence-corrected chi connectivity index (χ2v) is 6.65. The first-order chi connectivity index (χ1) is 11.0. The molecule has 126 valence electrons. The van der Waals surface area contributed by atoms with Crippen LogP contribution >= 0.6 is 0 Å². The number of amides is 2. The number of nitrogens with zero attached hydrogens (tertiary/aromatic N) is 1. The molecule has 6 heteroatoms. The number of hydrogen-bond donors (Lipinski definition) is 3. The topological polar surface area (TPSA) is 64.6 Å². The highest BCUT2D eigenvalue weighted by Crippen LogP contribution is 2.30. The van der Waals surface area contributed by atoms with Crippen LogP contribution < -0.4 is 15.5 Å². The van der Waals surface area contributed by atoms with Gasteiger partial charge in [-0.25, -0.2) is 9.18 Å². The van der Waals surface area contributed by atoms with Crippen molar-refractivity contribution in [3.63, 3.8) is 0 Å². The third-order valence-electron chi connectivity index (χ3n) is 4.87. The van der Waals surface area contributed by atoms with Gasteiger partial charge >= 0.3 is 6.03 Å². The normalized spacial score (nSPS) is 20.7. The fraction of sp³-hybridized carbons (Fsp3) is 0.588. The molecule has 1 aliphatic heterocycles. The Morgan fingerprint density at radius 3 is 2.70 bits per heavy atom. The highest BCUT2D eigenvalue weighted by atomic mass is 19.1. The first-order valence-corrected chi connectivity index (χ1v) is 8.31. The van der Waals surface area contributed by atoms with E-state index in [1.165, 1.54) is 6.07 Å². The maximum Gasteiger partial charge on any atom is 0.315 e. The maximum absolute atomic E-state index is 13.3. The van der Waals surface area contributed by atoms with Crippen LogP contribution in [0.15, 0.2) is 24.3 Å². The van der Waals surface area contributed by atoms with Gasteiger partial charge in [-0.1, -0.05) is 6.07 Å². The van der Waals surface area contributed by atoms with E-state index in [-0.39, 0.29) is 17.9 Å². The molecule has 1 heterocycles. The van der Waals surface area contributed by atoms with Crippen LogP contribution in [-0.2, 0) is 0 Å². The van der Waals surface area contributed by atoms with Crippen molar-refractivity contribution >= 4 is 11.7 Å². The summed E-state index contributed by atoms with van der Waals surface area (Å²) in [5, 5.41) is 15.7. The van der Waals surface area contributed by atoms with Crippen molar-refractivity contribution in [2.24, 2.45) is 0 Å². The standard InChI is InChI=1S/C17H24FN3O2/c18-13-3-1-4-15(11-13)21-9-5-14(6-10-21)20-16(22)19-12-17(23)7-2-8-17/h1,3-4,11,14,23H,2,5-10,12H2,(H2,19,20,22). The average molecular weight is 321 g/mol. The Kier molecular flexibility index (Phi) is 4.71. The van der Waals surface area contributed by atoms with Gasteiger partial charge in [-0.3, -0.25) is 0 Å². The second-order valence-electron chi connectivity index (χ2n) is 6.65. The Balaban J connectivity index is 1.41. The highest BCUT2D eigenvalue weighted by molar-refractivity contribution is 5.74. The molecule has 1 saturated carbocycles. The zero-order valence-electron chi connectivity index (χ0n) is 13.2. The van der Waals surface area contributed by atoms with Gasteiger partial charge in [0.2, 0.25) is 0 Å². The Morgan fingerprint density at radius 2 is 2.09 bits per heavy atom. The van der Waals surface area contributed by atoms with Crippen LogP contribution in [0.5, 0.6) is 0 Å². The van der Waals surface area contributed by atoms with Crippen molar-refractivity contribution in [3.05, 3.63) is 30.1 Å². The van der Waals surface area contributed by atoms with Gasteiger partial charge in [0.15, 0.2) is 0 Å². The van der Waals surface area contributed by atoms with Gasteiger partial charge in [0.1, 0.15) is 5.82 Å². The number of halogens is 1. The first-order valence-electron chi connectivity index (χ1n) is 8.31. The molecule has 1 aromatic rings. The monoisotopic (exact) mass is 321 g/mol. The second kappa shape index (κ2) is 6.74. The van der Waals surface area contributed by atoms with Crippen molar-refractivity contribution in [3.8, 4) is 0 Å². The van der Waals surface area contributed by atoms with E-state index in [9.17, 15) is 14.3 Å². The van der Waals surface area contributed by atoms with Crippen LogP contribution in [0.1, 0.15) is 32.1 Å². The molecule has 2 amide bonds. The summed E-state index contributed by atoms with van der Waals surface area (Å²) >= 11 is 0. The van der Waals surface area contributed by atoms with E-state index < -0.39 is 5.60 Å². The molecule has 3 N–H and O–H groups in total. The van der Waals surface area contributed by atoms with Crippen LogP contribution in [0, 0.1) is 5.82 Å². The third-order valence-corrected chi connectivity index (χ3v) is 4.87. The molecule has 2 aliphatic rings. The number of hydrogen-bond acceptors (Lipinski definition) is 3. The Bertz CT molecular complexity index is 555. The minimum absolute atomic E-state index is 0.121. The van der Waals surface area contributed by atoms with Gasteiger partial charge in [0, 0.05) is 31.4 Å². The number of carbonyl (C=O) groups excluding carboxylic acids is 1. The fourth-order valence-electron chi connectivity index (χ4n) is 3.20. The van der Waals surface area contributed by atoms with Crippen molar-refractivity contribution in [2.75, 3.05) is 24.5 Å². The van der Waals surface area contributed by atoms with Gasteiger partial charge in [-0.2, -0.15) is 0 Å². The molecule has 1 aliphatic carbocycles. The first kappa shape index (κ1) is 16.1. The molecule has 5 nitrogen and oxygen atoms in total. The van der Waals surface area contributed by atoms with Crippen LogP contribution in [0.3, 0.4) is 0 Å². The number of anilines is 1. The predicted molar refractivity (Wildman–Crippen MR) is 87.0 cm³/mol. The molecule has 1 saturated heterocycles. The third kappa shape index (κ3) is 4.13. The van der Waals surface area contributed by atoms with Gasteiger partial charge in [0.25, 0.3) is 0 Å². The molecule has 0 bridgehead atoms. The van der Waals surface area contributed by atoms with Crippen molar-refractivity contribution < 1.29 is 14.3 Å². The van der Waals surface area contributed by atoms with E-state index in [1.807, 2.05) is 6.07 Å². The van der Waals surface area contributed by atoms with Gasteiger partial charge < -0.3 is 20.6 Å². The zero-order chi connectivity index (χ0) is 16.3. The summed E-state index contributed by atoms with van der Waals surface area (Å²) < 4.78 is 13.3. The average Bonchev–Trinajstić information content (AvgIpc) is 2.52. The Labute approximate surface area is 135 Å². The number of carbonyl (C=O) groups is 1. The number of nitrogens with one attached hydrogen (secondary N) is 2. The summed E-state index contributed by atoms with van der Waals surface area (Å²) in [6.45, 7) is 1.90. The maximum atomic E-state index is 13.3. The summed E-state index contributed by atoms with van der Waals surface area (Å²) in [5.41, 5.74) is 0.193. The zero-order valence-corrected chi connectivity index (χ0v) is 13.2. The largest absolute Gasteiger partial charge is 0.388 e. The molecule has 0 radical (unpaired) electrons. The fourth-order valence-corrected chi connectivity index (χ4v) is 3.20. The molecule has 1 aromatic carbocycles. The Hall–Kier alpha value is -1.82. The number of piperidine rings is 1. The lowest BCUT2D eigenvalue weighted by Crippen LogP contribution is -2.53. The quantitative estimate of drug-likeness (QED) is 0.795. The van der Waals surface area contributed by atoms with Crippen molar-refractivity contribution in [2.45, 2.75) is 43.7 Å². The summed E-state index contributed by atoms with van der Waals surface area (Å²) in [5.74, 6) is -0.226. The van der Waals surface area contributed by atoms with E-state index in [1.54, 1.807) is 12.1 Å². The van der Waals surface area contributed by atoms with E-state index in [0.29, 0.717) is 6.54 Å². The lowest BCUT2D eigenvalue weighted by molar-refractivity contribution is -0.0290. The molecule has 2 fully saturated rings. The van der Waals surface area contributed by atoms with Gasteiger partial charge in [-0.05, 0) is 50.3 Å². The van der Waals surface area contributed by atoms with Crippen molar-refractivity contribution in [1.29, 1.82) is 0 Å². The molecular formula is C17H24FN3O2. The minimum Gasteiger partial charge on any atom is -0.388 e. The van der Waals surface area contributed by atoms with Crippen LogP contribution in [0.25, 0.3) is 0 Å². The summed E-state index contributed by atoms with van der Waals surface area (Å²) in [4.78, 5) is 14.0. The number of benzene rings is 1. The molecule has 3 rings (SSSR count). The summed E-state index contributed by atoms with van der Waals surface area (Å²) in [7, 11) is 0. The lowest BCUT2D eigenvalue weighted by atomic mass is 9.80. The number of urea groups is 1. The van der Waals surface area contributed by atoms with E-state index in [0.717, 1.165) is 50.9 Å². The molecule has 0 spiro atoms. The number of aliphatic hydroxyl groups is 1. The number of rotatable bonds is 4. The van der Waals surface area contributed by atoms with Crippen LogP contribution in [0.2, 0.25) is 0 Å². The molecular weight excluding hydrogens is 297 g/mol. The molecule has 0 atom stereocenters. The van der Waals surface area contributed by atoms with E-state index >= 15 is 0 Å². The highest BCUT2D eigenvalue weighted by Gasteiger charge is 2.34. The van der Waals surface area contributed by atoms with Crippen LogP contribution in [0.4, 0.5) is 14.9 Å². The SMILES string of the molecule is O=C(NCC1(O)CCC1)NC1CCN(c2cccc(F)c2)CC1. The van der Waals surface area contributed by atoms with E-state index in [4.69, 9.17) is 0 Å². The van der Waals surface area contributed by atoms with Crippen LogP contribution in [-0.4, -0.2) is 42.4 Å². The lowest BCUT2D eigenvalue weighted by Gasteiger charge is -2.37.